The van der Waals surface area contributed by atoms with Crippen molar-refractivity contribution in [2.24, 2.45) is 0 Å². The lowest BCUT2D eigenvalue weighted by Crippen LogP contribution is -2.16. The van der Waals surface area contributed by atoms with Crippen molar-refractivity contribution in [1.82, 2.24) is 9.97 Å². The number of carbonyl (C=O) groups excluding carboxylic acids is 1. The van der Waals surface area contributed by atoms with Crippen molar-refractivity contribution in [1.29, 1.82) is 0 Å². The van der Waals surface area contributed by atoms with Gasteiger partial charge in [-0.2, -0.15) is 0 Å². The molecule has 8 heteroatoms. The van der Waals surface area contributed by atoms with Gasteiger partial charge in [0.1, 0.15) is 5.75 Å². The number of amides is 1. The minimum atomic E-state index is -0.602. The molecule has 1 amide bonds. The molecule has 4 rings (SSSR count). The molecule has 6 nitrogen and oxygen atoms in total. The fourth-order valence-corrected chi connectivity index (χ4v) is 3.43. The van der Waals surface area contributed by atoms with Gasteiger partial charge in [-0.1, -0.05) is 23.5 Å². The SMILES string of the molecule is O=C(Nc1ccc(Oc2ncccc2Br)cc1)Oc1nc2ccccc2s1. The van der Waals surface area contributed by atoms with E-state index in [2.05, 4.69) is 31.2 Å². The van der Waals surface area contributed by atoms with Gasteiger partial charge in [0.15, 0.2) is 0 Å². The maximum absolute atomic E-state index is 12.1. The molecule has 0 spiro atoms. The summed E-state index contributed by atoms with van der Waals surface area (Å²) in [7, 11) is 0. The highest BCUT2D eigenvalue weighted by atomic mass is 79.9. The van der Waals surface area contributed by atoms with Crippen LogP contribution in [0.5, 0.6) is 16.8 Å². The van der Waals surface area contributed by atoms with Gasteiger partial charge in [0.25, 0.3) is 5.19 Å². The highest BCUT2D eigenvalue weighted by Gasteiger charge is 2.10. The minimum Gasteiger partial charge on any atom is -0.438 e. The molecule has 0 radical (unpaired) electrons. The number of nitrogens with one attached hydrogen (secondary N) is 1. The summed E-state index contributed by atoms with van der Waals surface area (Å²) in [6, 6.07) is 18.1. The van der Waals surface area contributed by atoms with E-state index < -0.39 is 6.09 Å². The zero-order valence-corrected chi connectivity index (χ0v) is 16.2. The van der Waals surface area contributed by atoms with E-state index in [-0.39, 0.29) is 0 Å². The zero-order chi connectivity index (χ0) is 18.6. The standard InChI is InChI=1S/C19H12BrN3O3S/c20-14-4-3-11-21-17(14)25-13-9-7-12(8-10-13)22-18(24)26-19-23-15-5-1-2-6-16(15)27-19/h1-11H,(H,22,24). The number of halogens is 1. The molecule has 0 saturated heterocycles. The summed E-state index contributed by atoms with van der Waals surface area (Å²) in [4.78, 5) is 20.5. The van der Waals surface area contributed by atoms with Crippen molar-refractivity contribution in [3.63, 3.8) is 0 Å². The van der Waals surface area contributed by atoms with Gasteiger partial charge in [0.05, 0.1) is 14.7 Å². The summed E-state index contributed by atoms with van der Waals surface area (Å²) in [5, 5.41) is 2.96. The number of benzene rings is 2. The molecule has 0 saturated carbocycles. The summed E-state index contributed by atoms with van der Waals surface area (Å²) in [6.45, 7) is 0. The van der Waals surface area contributed by atoms with Crippen LogP contribution in [-0.4, -0.2) is 16.1 Å². The molecule has 0 atom stereocenters. The van der Waals surface area contributed by atoms with Crippen LogP contribution in [0.25, 0.3) is 10.2 Å². The number of pyridine rings is 1. The lowest BCUT2D eigenvalue weighted by Gasteiger charge is -2.08. The number of anilines is 1. The number of aromatic nitrogens is 2. The van der Waals surface area contributed by atoms with Crippen LogP contribution in [0.2, 0.25) is 0 Å². The van der Waals surface area contributed by atoms with E-state index in [1.54, 1.807) is 36.5 Å². The van der Waals surface area contributed by atoms with Gasteiger partial charge >= 0.3 is 6.09 Å². The van der Waals surface area contributed by atoms with Crippen molar-refractivity contribution in [2.75, 3.05) is 5.32 Å². The first-order chi connectivity index (χ1) is 13.2. The largest absolute Gasteiger partial charge is 0.438 e. The van der Waals surface area contributed by atoms with Crippen LogP contribution in [0.4, 0.5) is 10.5 Å². The fraction of sp³-hybridized carbons (Fsp3) is 0. The molecule has 1 N–H and O–H groups in total. The molecule has 0 aliphatic heterocycles. The molecule has 0 bridgehead atoms. The number of nitrogens with zero attached hydrogens (tertiary/aromatic N) is 2. The highest BCUT2D eigenvalue weighted by Crippen LogP contribution is 2.29. The van der Waals surface area contributed by atoms with E-state index in [1.807, 2.05) is 30.3 Å². The molecule has 4 aromatic rings. The molecular weight excluding hydrogens is 430 g/mol. The van der Waals surface area contributed by atoms with E-state index in [9.17, 15) is 4.79 Å². The Labute approximate surface area is 166 Å². The molecule has 0 aliphatic rings. The number of thiazole rings is 1. The van der Waals surface area contributed by atoms with Crippen LogP contribution in [-0.2, 0) is 0 Å². The highest BCUT2D eigenvalue weighted by molar-refractivity contribution is 9.10. The first-order valence-corrected chi connectivity index (χ1v) is 9.51. The van der Waals surface area contributed by atoms with Gasteiger partial charge < -0.3 is 9.47 Å². The maximum atomic E-state index is 12.1. The first-order valence-electron chi connectivity index (χ1n) is 7.90. The maximum Gasteiger partial charge on any atom is 0.419 e. The zero-order valence-electron chi connectivity index (χ0n) is 13.8. The Morgan fingerprint density at radius 1 is 1.04 bits per heavy atom. The normalized spacial score (nSPS) is 10.6. The number of para-hydroxylation sites is 1. The Morgan fingerprint density at radius 3 is 2.63 bits per heavy atom. The van der Waals surface area contributed by atoms with Crippen LogP contribution in [0, 0.1) is 0 Å². The number of ether oxygens (including phenoxy) is 2. The van der Waals surface area contributed by atoms with Crippen molar-refractivity contribution in [2.45, 2.75) is 0 Å². The lowest BCUT2D eigenvalue weighted by molar-refractivity contribution is 0.215. The third-order valence-electron chi connectivity index (χ3n) is 3.49. The predicted molar refractivity (Wildman–Crippen MR) is 108 cm³/mol. The number of carbonyl (C=O) groups is 1. The molecule has 27 heavy (non-hydrogen) atoms. The number of hydrogen-bond donors (Lipinski definition) is 1. The molecule has 134 valence electrons. The molecule has 0 unspecified atom stereocenters. The molecular formula is C19H12BrN3O3S. The summed E-state index contributed by atoms with van der Waals surface area (Å²) in [6.07, 6.45) is 1.05. The smallest absolute Gasteiger partial charge is 0.419 e. The predicted octanol–water partition coefficient (Wildman–Crippen LogP) is 5.86. The number of fused-ring (bicyclic) bond motifs is 1. The van der Waals surface area contributed by atoms with Crippen molar-refractivity contribution < 1.29 is 14.3 Å². The van der Waals surface area contributed by atoms with E-state index in [0.29, 0.717) is 22.5 Å². The molecule has 2 aromatic heterocycles. The summed E-state index contributed by atoms with van der Waals surface area (Å²) < 4.78 is 12.7. The number of hydrogen-bond acceptors (Lipinski definition) is 6. The van der Waals surface area contributed by atoms with Crippen molar-refractivity contribution >= 4 is 49.3 Å². The Balaban J connectivity index is 1.39. The van der Waals surface area contributed by atoms with Crippen molar-refractivity contribution in [3.8, 4) is 16.8 Å². The van der Waals surface area contributed by atoms with Crippen LogP contribution < -0.4 is 14.8 Å². The van der Waals surface area contributed by atoms with E-state index in [1.165, 1.54) is 11.3 Å². The molecule has 0 fully saturated rings. The van der Waals surface area contributed by atoms with Gasteiger partial charge in [-0.25, -0.2) is 14.8 Å². The quantitative estimate of drug-likeness (QED) is 0.429. The second-order valence-corrected chi connectivity index (χ2v) is 7.23. The Bertz CT molecular complexity index is 1070. The van der Waals surface area contributed by atoms with Crippen LogP contribution in [0.1, 0.15) is 0 Å². The van der Waals surface area contributed by atoms with E-state index in [0.717, 1.165) is 14.7 Å². The van der Waals surface area contributed by atoms with Gasteiger partial charge in [0.2, 0.25) is 5.88 Å². The van der Waals surface area contributed by atoms with Crippen LogP contribution in [0.15, 0.2) is 71.3 Å². The summed E-state index contributed by atoms with van der Waals surface area (Å²) in [5.74, 6) is 1.06. The lowest BCUT2D eigenvalue weighted by atomic mass is 10.3. The average Bonchev–Trinajstić information content (AvgIpc) is 3.07. The Morgan fingerprint density at radius 2 is 1.85 bits per heavy atom. The summed E-state index contributed by atoms with van der Waals surface area (Å²) in [5.41, 5.74) is 1.38. The van der Waals surface area contributed by atoms with Crippen LogP contribution in [0.3, 0.4) is 0 Å². The van der Waals surface area contributed by atoms with E-state index >= 15 is 0 Å². The average molecular weight is 442 g/mol. The van der Waals surface area contributed by atoms with Gasteiger partial charge in [0, 0.05) is 11.9 Å². The number of rotatable bonds is 4. The summed E-state index contributed by atoms with van der Waals surface area (Å²) >= 11 is 4.69. The topological polar surface area (TPSA) is 73.3 Å². The van der Waals surface area contributed by atoms with E-state index in [4.69, 9.17) is 9.47 Å². The van der Waals surface area contributed by atoms with Gasteiger partial charge in [-0.05, 0) is 64.5 Å². The molecule has 2 aromatic carbocycles. The fourth-order valence-electron chi connectivity index (χ4n) is 2.28. The third-order valence-corrected chi connectivity index (χ3v) is 5.01. The Kier molecular flexibility index (Phi) is 4.99. The monoisotopic (exact) mass is 441 g/mol. The van der Waals surface area contributed by atoms with Gasteiger partial charge in [-0.15, -0.1) is 0 Å². The minimum absolute atomic E-state index is 0.300. The first kappa shape index (κ1) is 17.4. The Hall–Kier alpha value is -2.97. The van der Waals surface area contributed by atoms with Crippen molar-refractivity contribution in [3.05, 3.63) is 71.3 Å². The second kappa shape index (κ2) is 7.73. The molecule has 2 heterocycles. The third kappa shape index (κ3) is 4.24. The molecule has 0 aliphatic carbocycles. The van der Waals surface area contributed by atoms with Crippen LogP contribution >= 0.6 is 27.3 Å². The second-order valence-electron chi connectivity index (χ2n) is 5.38. The van der Waals surface area contributed by atoms with Gasteiger partial charge in [-0.3, -0.25) is 5.32 Å².